The number of aromatic nitrogens is 2. The molecule has 1 aromatic heterocycles. The van der Waals surface area contributed by atoms with Crippen LogP contribution in [0, 0.1) is 0 Å². The van der Waals surface area contributed by atoms with E-state index in [-0.39, 0.29) is 12.5 Å². The number of hydrogen-bond acceptors (Lipinski definition) is 3. The minimum Gasteiger partial charge on any atom is -0.480 e. The number of hydrogen-bond donors (Lipinski definition) is 2. The predicted octanol–water partition coefficient (Wildman–Crippen LogP) is 0.626. The number of amides is 1. The van der Waals surface area contributed by atoms with Crippen LogP contribution >= 0.6 is 0 Å². The molecule has 1 atom stereocenters. The fraction of sp³-hybridized carbons (Fsp3) is 0.250. The first-order valence-corrected chi connectivity index (χ1v) is 5.50. The minimum atomic E-state index is -1.06. The van der Waals surface area contributed by atoms with Crippen molar-refractivity contribution in [3.63, 3.8) is 0 Å². The Morgan fingerprint density at radius 2 is 2.17 bits per heavy atom. The van der Waals surface area contributed by atoms with E-state index in [1.807, 2.05) is 24.3 Å². The summed E-state index contributed by atoms with van der Waals surface area (Å²) in [6.07, 6.45) is 1.67. The van der Waals surface area contributed by atoms with Gasteiger partial charge >= 0.3 is 5.97 Å². The second kappa shape index (κ2) is 4.87. The molecule has 0 bridgehead atoms. The van der Waals surface area contributed by atoms with Gasteiger partial charge in [-0.3, -0.25) is 14.3 Å². The predicted molar refractivity (Wildman–Crippen MR) is 65.0 cm³/mol. The van der Waals surface area contributed by atoms with Crippen LogP contribution in [0.3, 0.4) is 0 Å². The van der Waals surface area contributed by atoms with Gasteiger partial charge in [0, 0.05) is 5.39 Å². The van der Waals surface area contributed by atoms with Crippen LogP contribution < -0.4 is 5.32 Å². The highest BCUT2D eigenvalue weighted by atomic mass is 16.4. The SMILES string of the molecule is C[C@@H](NC(=O)Cn1ncc2ccccc21)C(=O)O. The van der Waals surface area contributed by atoms with Crippen LogP contribution in [0.2, 0.25) is 0 Å². The average molecular weight is 247 g/mol. The van der Waals surface area contributed by atoms with Crippen LogP contribution in [-0.2, 0) is 16.1 Å². The third-order valence-electron chi connectivity index (χ3n) is 2.59. The molecule has 0 saturated heterocycles. The van der Waals surface area contributed by atoms with Gasteiger partial charge in [-0.25, -0.2) is 0 Å². The maximum absolute atomic E-state index is 11.6. The number of benzene rings is 1. The topological polar surface area (TPSA) is 84.2 Å². The molecule has 6 heteroatoms. The summed E-state index contributed by atoms with van der Waals surface area (Å²) < 4.78 is 1.54. The number of carbonyl (C=O) groups excluding carboxylic acids is 1. The molecule has 2 aromatic rings. The minimum absolute atomic E-state index is 0.00509. The molecule has 6 nitrogen and oxygen atoms in total. The molecule has 2 rings (SSSR count). The van der Waals surface area contributed by atoms with Crippen LogP contribution in [0.1, 0.15) is 6.92 Å². The highest BCUT2D eigenvalue weighted by Gasteiger charge is 2.14. The zero-order chi connectivity index (χ0) is 13.1. The fourth-order valence-corrected chi connectivity index (χ4v) is 1.64. The summed E-state index contributed by atoms with van der Waals surface area (Å²) in [5, 5.41) is 16.1. The number of aliphatic carboxylic acids is 1. The van der Waals surface area contributed by atoms with Gasteiger partial charge in [-0.15, -0.1) is 0 Å². The van der Waals surface area contributed by atoms with E-state index in [9.17, 15) is 9.59 Å². The van der Waals surface area contributed by atoms with Gasteiger partial charge in [0.25, 0.3) is 0 Å². The van der Waals surface area contributed by atoms with E-state index >= 15 is 0 Å². The lowest BCUT2D eigenvalue weighted by atomic mass is 10.2. The second-order valence-electron chi connectivity index (χ2n) is 3.99. The highest BCUT2D eigenvalue weighted by molar-refractivity contribution is 5.85. The number of nitrogens with one attached hydrogen (secondary N) is 1. The molecule has 0 saturated carbocycles. The van der Waals surface area contributed by atoms with Crippen molar-refractivity contribution in [2.24, 2.45) is 0 Å². The van der Waals surface area contributed by atoms with Crippen molar-refractivity contribution in [2.75, 3.05) is 0 Å². The zero-order valence-electron chi connectivity index (χ0n) is 9.83. The first kappa shape index (κ1) is 12.1. The molecule has 0 fully saturated rings. The van der Waals surface area contributed by atoms with Gasteiger partial charge in [0.05, 0.1) is 11.7 Å². The Hall–Kier alpha value is -2.37. The molecule has 0 radical (unpaired) electrons. The summed E-state index contributed by atoms with van der Waals surface area (Å²) in [6.45, 7) is 1.42. The largest absolute Gasteiger partial charge is 0.480 e. The van der Waals surface area contributed by atoms with Crippen molar-refractivity contribution in [1.82, 2.24) is 15.1 Å². The molecular formula is C12H13N3O3. The number of carboxylic acid groups (broad SMARTS) is 1. The van der Waals surface area contributed by atoms with Crippen molar-refractivity contribution < 1.29 is 14.7 Å². The normalized spacial score (nSPS) is 12.3. The third-order valence-corrected chi connectivity index (χ3v) is 2.59. The summed E-state index contributed by atoms with van der Waals surface area (Å²) >= 11 is 0. The molecule has 18 heavy (non-hydrogen) atoms. The van der Waals surface area contributed by atoms with Crippen molar-refractivity contribution >= 4 is 22.8 Å². The second-order valence-corrected chi connectivity index (χ2v) is 3.99. The van der Waals surface area contributed by atoms with Crippen molar-refractivity contribution in [1.29, 1.82) is 0 Å². The quantitative estimate of drug-likeness (QED) is 0.829. The Labute approximate surface area is 103 Å². The number of nitrogens with zero attached hydrogens (tertiary/aromatic N) is 2. The smallest absolute Gasteiger partial charge is 0.325 e. The van der Waals surface area contributed by atoms with E-state index in [1.165, 1.54) is 6.92 Å². The Morgan fingerprint density at radius 3 is 2.89 bits per heavy atom. The molecule has 0 aliphatic rings. The van der Waals surface area contributed by atoms with Crippen LogP contribution in [0.15, 0.2) is 30.5 Å². The third kappa shape index (κ3) is 2.48. The summed E-state index contributed by atoms with van der Waals surface area (Å²) in [5.41, 5.74) is 0.843. The molecular weight excluding hydrogens is 234 g/mol. The van der Waals surface area contributed by atoms with E-state index in [4.69, 9.17) is 5.11 Å². The van der Waals surface area contributed by atoms with Crippen LogP contribution in [0.5, 0.6) is 0 Å². The van der Waals surface area contributed by atoms with Gasteiger partial charge in [-0.1, -0.05) is 18.2 Å². The Kier molecular flexibility index (Phi) is 3.27. The molecule has 1 aromatic carbocycles. The van der Waals surface area contributed by atoms with Gasteiger partial charge in [0.15, 0.2) is 0 Å². The van der Waals surface area contributed by atoms with Gasteiger partial charge in [0.1, 0.15) is 12.6 Å². The standard InChI is InChI=1S/C12H13N3O3/c1-8(12(17)18)14-11(16)7-15-10-5-3-2-4-9(10)6-13-15/h2-6,8H,7H2,1H3,(H,14,16)(H,17,18)/t8-/m1/s1. The molecule has 0 unspecified atom stereocenters. The van der Waals surface area contributed by atoms with Crippen LogP contribution in [0.25, 0.3) is 10.9 Å². The Balaban J connectivity index is 2.10. The lowest BCUT2D eigenvalue weighted by Crippen LogP contribution is -2.40. The summed E-state index contributed by atoms with van der Waals surface area (Å²) in [6, 6.07) is 6.60. The molecule has 1 amide bonds. The first-order chi connectivity index (χ1) is 8.58. The number of rotatable bonds is 4. The monoisotopic (exact) mass is 247 g/mol. The highest BCUT2D eigenvalue weighted by Crippen LogP contribution is 2.12. The van der Waals surface area contributed by atoms with Gasteiger partial charge in [-0.2, -0.15) is 5.10 Å². The maximum Gasteiger partial charge on any atom is 0.325 e. The molecule has 0 spiro atoms. The maximum atomic E-state index is 11.6. The van der Waals surface area contributed by atoms with E-state index in [0.717, 1.165) is 10.9 Å². The molecule has 2 N–H and O–H groups in total. The van der Waals surface area contributed by atoms with Crippen molar-refractivity contribution in [3.05, 3.63) is 30.5 Å². The molecule has 1 heterocycles. The Bertz CT molecular complexity index is 591. The lowest BCUT2D eigenvalue weighted by molar-refractivity contribution is -0.141. The van der Waals surface area contributed by atoms with E-state index in [1.54, 1.807) is 10.9 Å². The first-order valence-electron chi connectivity index (χ1n) is 5.50. The molecule has 0 aliphatic heterocycles. The van der Waals surface area contributed by atoms with E-state index < -0.39 is 12.0 Å². The van der Waals surface area contributed by atoms with E-state index in [0.29, 0.717) is 0 Å². The Morgan fingerprint density at radius 1 is 1.44 bits per heavy atom. The van der Waals surface area contributed by atoms with Crippen LogP contribution in [-0.4, -0.2) is 32.8 Å². The number of carbonyl (C=O) groups is 2. The van der Waals surface area contributed by atoms with Crippen molar-refractivity contribution in [3.8, 4) is 0 Å². The fourth-order valence-electron chi connectivity index (χ4n) is 1.64. The number of para-hydroxylation sites is 1. The number of fused-ring (bicyclic) bond motifs is 1. The van der Waals surface area contributed by atoms with Crippen LogP contribution in [0.4, 0.5) is 0 Å². The molecule has 0 aliphatic carbocycles. The zero-order valence-corrected chi connectivity index (χ0v) is 9.83. The summed E-state index contributed by atoms with van der Waals surface area (Å²) in [5.74, 6) is -1.44. The van der Waals surface area contributed by atoms with E-state index in [2.05, 4.69) is 10.4 Å². The summed E-state index contributed by atoms with van der Waals surface area (Å²) in [4.78, 5) is 22.2. The van der Waals surface area contributed by atoms with Gasteiger partial charge < -0.3 is 10.4 Å². The molecule has 94 valence electrons. The van der Waals surface area contributed by atoms with Crippen molar-refractivity contribution in [2.45, 2.75) is 19.5 Å². The van der Waals surface area contributed by atoms with Gasteiger partial charge in [-0.05, 0) is 13.0 Å². The van der Waals surface area contributed by atoms with Gasteiger partial charge in [0.2, 0.25) is 5.91 Å². The number of carboxylic acids is 1. The summed E-state index contributed by atoms with van der Waals surface area (Å²) in [7, 11) is 0. The lowest BCUT2D eigenvalue weighted by Gasteiger charge is -2.09. The average Bonchev–Trinajstić information content (AvgIpc) is 2.72.